The van der Waals surface area contributed by atoms with Crippen LogP contribution in [0.2, 0.25) is 0 Å². The van der Waals surface area contributed by atoms with E-state index in [1.54, 1.807) is 31.2 Å². The van der Waals surface area contributed by atoms with Crippen molar-refractivity contribution in [3.8, 4) is 0 Å². The van der Waals surface area contributed by atoms with Crippen LogP contribution in [0.25, 0.3) is 0 Å². The molecule has 0 radical (unpaired) electrons. The van der Waals surface area contributed by atoms with Crippen molar-refractivity contribution in [2.24, 2.45) is 4.99 Å². The number of carbonyl (C=O) groups excluding carboxylic acids is 1. The lowest BCUT2D eigenvalue weighted by molar-refractivity contribution is -0.137. The fourth-order valence-electron chi connectivity index (χ4n) is 3.40. The Hall–Kier alpha value is -2.88. The van der Waals surface area contributed by atoms with Crippen molar-refractivity contribution in [1.82, 2.24) is 10.0 Å². The van der Waals surface area contributed by atoms with E-state index < -0.39 is 27.8 Å². The average molecular weight is 468 g/mol. The van der Waals surface area contributed by atoms with Gasteiger partial charge in [0.25, 0.3) is 10.0 Å². The van der Waals surface area contributed by atoms with Crippen LogP contribution in [0.3, 0.4) is 0 Å². The van der Waals surface area contributed by atoms with Gasteiger partial charge in [0.15, 0.2) is 0 Å². The zero-order chi connectivity index (χ0) is 23.4. The van der Waals surface area contributed by atoms with Crippen LogP contribution in [-0.4, -0.2) is 26.7 Å². The van der Waals surface area contributed by atoms with E-state index in [4.69, 9.17) is 0 Å². The molecule has 32 heavy (non-hydrogen) atoms. The molecule has 0 saturated heterocycles. The number of alkyl halides is 3. The van der Waals surface area contributed by atoms with Gasteiger partial charge in [-0.1, -0.05) is 30.7 Å². The molecule has 3 rings (SSSR count). The maximum Gasteiger partial charge on any atom is 0.416 e. The Bertz CT molecular complexity index is 1110. The molecule has 0 aliphatic carbocycles. The molecule has 1 amide bonds. The normalized spacial score (nSPS) is 16.9. The molecule has 6 nitrogen and oxygen atoms in total. The monoisotopic (exact) mass is 467 g/mol. The molecule has 1 heterocycles. The standard InChI is InChI=1S/C22H24F3N3O3S/c1-15(16-8-7-9-17(14-16)22(23,24)25)27-20(29)12-3-2-6-13-26-21-18-10-4-5-11-19(18)32(30,31)28-21/h4-5,7-11,14-15H,2-3,6,12-13H2,1H3,(H,26,28)(H,27,29). The Morgan fingerprint density at radius 3 is 2.59 bits per heavy atom. The van der Waals surface area contributed by atoms with E-state index in [1.165, 1.54) is 12.1 Å². The number of carbonyl (C=O) groups is 1. The molecule has 172 valence electrons. The molecule has 2 N–H and O–H groups in total. The van der Waals surface area contributed by atoms with Crippen LogP contribution in [0.1, 0.15) is 55.3 Å². The molecular formula is C22H24F3N3O3S. The predicted octanol–water partition coefficient (Wildman–Crippen LogP) is 4.18. The van der Waals surface area contributed by atoms with Gasteiger partial charge in [-0.05, 0) is 49.6 Å². The first kappa shape index (κ1) is 23.8. The fraction of sp³-hybridized carbons (Fsp3) is 0.364. The molecule has 1 unspecified atom stereocenters. The van der Waals surface area contributed by atoms with Crippen molar-refractivity contribution in [2.45, 2.75) is 49.7 Å². The molecule has 2 aromatic rings. The Morgan fingerprint density at radius 1 is 1.09 bits per heavy atom. The molecule has 1 aliphatic rings. The Morgan fingerprint density at radius 2 is 1.84 bits per heavy atom. The Balaban J connectivity index is 1.41. The lowest BCUT2D eigenvalue weighted by atomic mass is 10.0. The highest BCUT2D eigenvalue weighted by molar-refractivity contribution is 7.90. The number of unbranched alkanes of at least 4 members (excludes halogenated alkanes) is 2. The van der Waals surface area contributed by atoms with E-state index in [0.717, 1.165) is 12.1 Å². The first-order valence-electron chi connectivity index (χ1n) is 10.2. The van der Waals surface area contributed by atoms with E-state index in [0.29, 0.717) is 42.8 Å². The summed E-state index contributed by atoms with van der Waals surface area (Å²) in [6.45, 7) is 2.05. The zero-order valence-electron chi connectivity index (χ0n) is 17.4. The van der Waals surface area contributed by atoms with Gasteiger partial charge in [-0.3, -0.25) is 14.5 Å². The summed E-state index contributed by atoms with van der Waals surface area (Å²) in [6, 6.07) is 11.0. The second-order valence-corrected chi connectivity index (χ2v) is 9.21. The summed E-state index contributed by atoms with van der Waals surface area (Å²) in [5, 5.41) is 2.72. The van der Waals surface area contributed by atoms with Gasteiger partial charge in [-0.15, -0.1) is 0 Å². The smallest absolute Gasteiger partial charge is 0.350 e. The van der Waals surface area contributed by atoms with Crippen LogP contribution in [0.4, 0.5) is 13.2 Å². The number of hydrogen-bond acceptors (Lipinski definition) is 4. The van der Waals surface area contributed by atoms with E-state index in [9.17, 15) is 26.4 Å². The van der Waals surface area contributed by atoms with Gasteiger partial charge in [-0.25, -0.2) is 8.42 Å². The van der Waals surface area contributed by atoms with Crippen LogP contribution in [-0.2, 0) is 21.0 Å². The molecule has 0 saturated carbocycles. The summed E-state index contributed by atoms with van der Waals surface area (Å²) in [5.74, 6) is 0.0898. The van der Waals surface area contributed by atoms with Gasteiger partial charge in [-0.2, -0.15) is 13.2 Å². The number of sulfonamides is 1. The summed E-state index contributed by atoms with van der Waals surface area (Å²) < 4.78 is 65.0. The Kier molecular flexibility index (Phi) is 7.22. The first-order valence-corrected chi connectivity index (χ1v) is 11.7. The number of benzene rings is 2. The number of aliphatic imine (C=N–C) groups is 1. The number of amides is 1. The minimum absolute atomic E-state index is 0.213. The maximum absolute atomic E-state index is 12.8. The van der Waals surface area contributed by atoms with Crippen molar-refractivity contribution >= 4 is 21.8 Å². The second-order valence-electron chi connectivity index (χ2n) is 7.56. The molecule has 2 aromatic carbocycles. The van der Waals surface area contributed by atoms with E-state index in [1.807, 2.05) is 0 Å². The van der Waals surface area contributed by atoms with Crippen molar-refractivity contribution < 1.29 is 26.4 Å². The third kappa shape index (κ3) is 5.87. The van der Waals surface area contributed by atoms with Crippen LogP contribution in [0, 0.1) is 0 Å². The lowest BCUT2D eigenvalue weighted by Gasteiger charge is -2.16. The molecule has 10 heteroatoms. The first-order chi connectivity index (χ1) is 15.1. The highest BCUT2D eigenvalue weighted by Crippen LogP contribution is 2.30. The van der Waals surface area contributed by atoms with Crippen LogP contribution in [0.5, 0.6) is 0 Å². The molecule has 1 aliphatic heterocycles. The maximum atomic E-state index is 12.8. The van der Waals surface area contributed by atoms with Crippen molar-refractivity contribution in [1.29, 1.82) is 0 Å². The highest BCUT2D eigenvalue weighted by Gasteiger charge is 2.31. The van der Waals surface area contributed by atoms with Gasteiger partial charge in [0, 0.05) is 18.5 Å². The number of fused-ring (bicyclic) bond motifs is 1. The van der Waals surface area contributed by atoms with Gasteiger partial charge < -0.3 is 5.32 Å². The van der Waals surface area contributed by atoms with Crippen LogP contribution < -0.4 is 10.0 Å². The number of halogens is 3. The molecule has 0 spiro atoms. The quantitative estimate of drug-likeness (QED) is 0.571. The topological polar surface area (TPSA) is 87.6 Å². The summed E-state index contributed by atoms with van der Waals surface area (Å²) in [7, 11) is -3.55. The van der Waals surface area contributed by atoms with E-state index in [2.05, 4.69) is 15.0 Å². The number of nitrogens with zero attached hydrogens (tertiary/aromatic N) is 1. The van der Waals surface area contributed by atoms with Crippen molar-refractivity contribution in [2.75, 3.05) is 6.54 Å². The Labute approximate surface area is 185 Å². The zero-order valence-corrected chi connectivity index (χ0v) is 18.3. The largest absolute Gasteiger partial charge is 0.416 e. The summed E-state index contributed by atoms with van der Waals surface area (Å²) in [6.07, 6.45) is -2.21. The number of nitrogens with one attached hydrogen (secondary N) is 2. The lowest BCUT2D eigenvalue weighted by Crippen LogP contribution is -2.26. The van der Waals surface area contributed by atoms with Crippen LogP contribution in [0.15, 0.2) is 58.4 Å². The van der Waals surface area contributed by atoms with Gasteiger partial charge >= 0.3 is 6.18 Å². The van der Waals surface area contributed by atoms with Crippen molar-refractivity contribution in [3.05, 3.63) is 65.2 Å². The SMILES string of the molecule is CC(NC(=O)CCCCCN=C1NS(=O)(=O)c2ccccc21)c1cccc(C(F)(F)F)c1. The predicted molar refractivity (Wildman–Crippen MR) is 115 cm³/mol. The number of amidine groups is 1. The molecule has 1 atom stereocenters. The molecular weight excluding hydrogens is 443 g/mol. The minimum atomic E-state index is -4.43. The van der Waals surface area contributed by atoms with E-state index >= 15 is 0 Å². The van der Waals surface area contributed by atoms with Crippen molar-refractivity contribution in [3.63, 3.8) is 0 Å². The summed E-state index contributed by atoms with van der Waals surface area (Å²) in [4.78, 5) is 16.7. The van der Waals surface area contributed by atoms with Gasteiger partial charge in [0.2, 0.25) is 5.91 Å². The van der Waals surface area contributed by atoms with E-state index in [-0.39, 0.29) is 17.2 Å². The second kappa shape index (κ2) is 9.72. The molecule has 0 bridgehead atoms. The molecule has 0 fully saturated rings. The third-order valence-electron chi connectivity index (χ3n) is 5.09. The fourth-order valence-corrected chi connectivity index (χ4v) is 4.65. The third-order valence-corrected chi connectivity index (χ3v) is 6.48. The number of hydrogen-bond donors (Lipinski definition) is 2. The van der Waals surface area contributed by atoms with Gasteiger partial charge in [0.1, 0.15) is 5.84 Å². The number of rotatable bonds is 8. The highest BCUT2D eigenvalue weighted by atomic mass is 32.2. The average Bonchev–Trinajstić information content (AvgIpc) is 3.00. The minimum Gasteiger partial charge on any atom is -0.350 e. The summed E-state index contributed by atoms with van der Waals surface area (Å²) >= 11 is 0. The van der Waals surface area contributed by atoms with Crippen LogP contribution >= 0.6 is 0 Å². The summed E-state index contributed by atoms with van der Waals surface area (Å²) in [5.41, 5.74) is 0.198. The molecule has 0 aromatic heterocycles. The van der Waals surface area contributed by atoms with Gasteiger partial charge in [0.05, 0.1) is 16.5 Å².